The van der Waals surface area contributed by atoms with Crippen molar-refractivity contribution >= 4 is 57.9 Å². The van der Waals surface area contributed by atoms with E-state index in [2.05, 4.69) is 0 Å². The zero-order valence-corrected chi connectivity index (χ0v) is 18.3. The van der Waals surface area contributed by atoms with Gasteiger partial charge in [0.15, 0.2) is 11.5 Å². The number of carboxylic acid groups (broad SMARTS) is 1. The number of aliphatic carboxylic acids is 1. The normalized spacial score (nSPS) is 15.0. The third kappa shape index (κ3) is 5.53. The molecule has 1 aliphatic heterocycles. The third-order valence-electron chi connectivity index (χ3n) is 4.03. The highest BCUT2D eigenvalue weighted by molar-refractivity contribution is 8.26. The minimum Gasteiger partial charge on any atom is -0.548 e. The first-order valence-electron chi connectivity index (χ1n) is 8.96. The predicted octanol–water partition coefficient (Wildman–Crippen LogP) is 3.27. The van der Waals surface area contributed by atoms with Crippen molar-refractivity contribution < 1.29 is 24.2 Å². The average molecular weight is 463 g/mol. The molecule has 1 heterocycles. The van der Waals surface area contributed by atoms with Crippen LogP contribution < -0.4 is 14.6 Å². The number of rotatable bonds is 8. The number of carbonyl (C=O) groups is 2. The summed E-state index contributed by atoms with van der Waals surface area (Å²) in [5.74, 6) is -0.734. The first kappa shape index (κ1) is 22.1. The monoisotopic (exact) mass is 462 g/mol. The number of benzene rings is 2. The van der Waals surface area contributed by atoms with Crippen molar-refractivity contribution in [3.8, 4) is 11.5 Å². The lowest BCUT2D eigenvalue weighted by molar-refractivity contribution is -0.305. The van der Waals surface area contributed by atoms with Crippen LogP contribution in [0.15, 0.2) is 47.4 Å². The van der Waals surface area contributed by atoms with Crippen LogP contribution in [0.25, 0.3) is 6.08 Å². The van der Waals surface area contributed by atoms with E-state index in [-0.39, 0.29) is 4.32 Å². The quantitative estimate of drug-likeness (QED) is 0.440. The molecule has 0 radical (unpaired) electrons. The number of carbonyl (C=O) groups excluding carboxylic acids is 2. The highest BCUT2D eigenvalue weighted by atomic mass is 35.5. The Morgan fingerprint density at radius 1 is 1.20 bits per heavy atom. The highest BCUT2D eigenvalue weighted by Gasteiger charge is 2.31. The molecule has 0 aromatic heterocycles. The van der Waals surface area contributed by atoms with Gasteiger partial charge in [-0.3, -0.25) is 9.69 Å². The van der Waals surface area contributed by atoms with E-state index in [1.54, 1.807) is 36.4 Å². The fraction of sp³-hybridized carbons (Fsp3) is 0.190. The first-order valence-corrected chi connectivity index (χ1v) is 10.6. The maximum atomic E-state index is 12.4. The lowest BCUT2D eigenvalue weighted by Crippen LogP contribution is -2.40. The molecule has 1 amide bonds. The Morgan fingerprint density at radius 3 is 2.60 bits per heavy atom. The number of hydrogen-bond acceptors (Lipinski definition) is 7. The molecule has 0 unspecified atom stereocenters. The summed E-state index contributed by atoms with van der Waals surface area (Å²) in [6.07, 6.45) is 1.64. The van der Waals surface area contributed by atoms with Crippen molar-refractivity contribution in [1.82, 2.24) is 4.90 Å². The van der Waals surface area contributed by atoms with Crippen molar-refractivity contribution in [3.05, 3.63) is 63.5 Å². The van der Waals surface area contributed by atoms with Gasteiger partial charge < -0.3 is 19.4 Å². The Balaban J connectivity index is 1.78. The Bertz CT molecular complexity index is 1010. The number of thioether (sulfide) groups is 1. The Hall–Kier alpha value is -2.55. The Labute approximate surface area is 188 Å². The predicted molar refractivity (Wildman–Crippen MR) is 118 cm³/mol. The second-order valence-electron chi connectivity index (χ2n) is 6.19. The van der Waals surface area contributed by atoms with Crippen LogP contribution in [-0.4, -0.2) is 34.2 Å². The van der Waals surface area contributed by atoms with E-state index in [4.69, 9.17) is 33.3 Å². The molecule has 1 fully saturated rings. The molecule has 1 aliphatic rings. The van der Waals surface area contributed by atoms with E-state index in [9.17, 15) is 14.7 Å². The van der Waals surface area contributed by atoms with Gasteiger partial charge in [0, 0.05) is 5.02 Å². The lowest BCUT2D eigenvalue weighted by atomic mass is 10.1. The van der Waals surface area contributed by atoms with E-state index in [0.29, 0.717) is 40.2 Å². The van der Waals surface area contributed by atoms with Crippen molar-refractivity contribution in [2.24, 2.45) is 0 Å². The van der Waals surface area contributed by atoms with E-state index < -0.39 is 18.4 Å². The molecule has 0 spiro atoms. The fourth-order valence-electron chi connectivity index (χ4n) is 2.66. The topological polar surface area (TPSA) is 78.9 Å². The number of amides is 1. The van der Waals surface area contributed by atoms with E-state index in [0.717, 1.165) is 22.2 Å². The van der Waals surface area contributed by atoms with E-state index >= 15 is 0 Å². The molecule has 2 aromatic carbocycles. The van der Waals surface area contributed by atoms with Crippen LogP contribution in [0.3, 0.4) is 0 Å². The molecule has 0 atom stereocenters. The molecule has 0 saturated carbocycles. The zero-order valence-electron chi connectivity index (χ0n) is 15.9. The van der Waals surface area contributed by atoms with Crippen LogP contribution in [0.1, 0.15) is 18.1 Å². The highest BCUT2D eigenvalue weighted by Crippen LogP contribution is 2.35. The molecule has 156 valence electrons. The summed E-state index contributed by atoms with van der Waals surface area (Å²) in [7, 11) is 0. The number of nitrogens with zero attached hydrogens (tertiary/aromatic N) is 1. The van der Waals surface area contributed by atoms with Gasteiger partial charge in [0.2, 0.25) is 0 Å². The van der Waals surface area contributed by atoms with Gasteiger partial charge in [-0.15, -0.1) is 0 Å². The van der Waals surface area contributed by atoms with Crippen LogP contribution in [-0.2, 0) is 16.2 Å². The van der Waals surface area contributed by atoms with Crippen molar-refractivity contribution in [2.45, 2.75) is 13.5 Å². The van der Waals surface area contributed by atoms with Crippen LogP contribution in [0.5, 0.6) is 11.5 Å². The Kier molecular flexibility index (Phi) is 7.36. The fourth-order valence-corrected chi connectivity index (χ4v) is 4.04. The molecule has 1 saturated heterocycles. The summed E-state index contributed by atoms with van der Waals surface area (Å²) in [6.45, 7) is 2.08. The molecule has 3 rings (SSSR count). The zero-order chi connectivity index (χ0) is 21.7. The molecule has 0 N–H and O–H groups in total. The van der Waals surface area contributed by atoms with Gasteiger partial charge in [-0.1, -0.05) is 53.8 Å². The van der Waals surface area contributed by atoms with Crippen LogP contribution >= 0.6 is 35.6 Å². The van der Waals surface area contributed by atoms with E-state index in [1.165, 1.54) is 0 Å². The molecule has 9 heteroatoms. The summed E-state index contributed by atoms with van der Waals surface area (Å²) >= 11 is 12.0. The maximum absolute atomic E-state index is 12.4. The lowest BCUT2D eigenvalue weighted by Gasteiger charge is -2.14. The van der Waals surface area contributed by atoms with Crippen molar-refractivity contribution in [1.29, 1.82) is 0 Å². The van der Waals surface area contributed by atoms with Crippen molar-refractivity contribution in [2.75, 3.05) is 13.2 Å². The van der Waals surface area contributed by atoms with Crippen LogP contribution in [0.2, 0.25) is 5.02 Å². The largest absolute Gasteiger partial charge is 0.548 e. The number of thiocarbonyl (C=S) groups is 1. The molecule has 6 nitrogen and oxygen atoms in total. The van der Waals surface area contributed by atoms with Gasteiger partial charge in [-0.25, -0.2) is 0 Å². The molecular weight excluding hydrogens is 446 g/mol. The minimum atomic E-state index is -1.37. The SMILES string of the molecule is CCOc1cc(/C=C2\SC(=S)N(CC(=O)[O-])C2=O)ccc1OCc1ccc(Cl)cc1. The van der Waals surface area contributed by atoms with Gasteiger partial charge >= 0.3 is 0 Å². The minimum absolute atomic E-state index is 0.184. The summed E-state index contributed by atoms with van der Waals surface area (Å²) in [5.41, 5.74) is 1.66. The molecular formula is C21H17ClNO5S2-. The summed E-state index contributed by atoms with van der Waals surface area (Å²) in [6, 6.07) is 12.6. The standard InChI is InChI=1S/C21H18ClNO5S2/c1-2-27-17-9-14(10-18-20(26)23(11-19(24)25)21(29)30-18)5-8-16(17)28-12-13-3-6-15(22)7-4-13/h3-10H,2,11-12H2,1H3,(H,24,25)/p-1/b18-10-. The molecule has 0 bridgehead atoms. The molecule has 30 heavy (non-hydrogen) atoms. The smallest absolute Gasteiger partial charge is 0.266 e. The summed E-state index contributed by atoms with van der Waals surface area (Å²) in [5, 5.41) is 11.5. The third-order valence-corrected chi connectivity index (χ3v) is 5.66. The second-order valence-corrected chi connectivity index (χ2v) is 8.31. The number of ether oxygens (including phenoxy) is 2. The van der Waals surface area contributed by atoms with Gasteiger partial charge in [0.1, 0.15) is 10.9 Å². The summed E-state index contributed by atoms with van der Waals surface area (Å²) < 4.78 is 11.7. The van der Waals surface area contributed by atoms with Gasteiger partial charge in [-0.2, -0.15) is 0 Å². The van der Waals surface area contributed by atoms with Crippen molar-refractivity contribution in [3.63, 3.8) is 0 Å². The number of hydrogen-bond donors (Lipinski definition) is 0. The second kappa shape index (κ2) is 9.97. The molecule has 0 aliphatic carbocycles. The van der Waals surface area contributed by atoms with Gasteiger partial charge in [-0.05, 0) is 48.4 Å². The number of halogens is 1. The maximum Gasteiger partial charge on any atom is 0.266 e. The molecule has 2 aromatic rings. The van der Waals surface area contributed by atoms with Gasteiger partial charge in [0.25, 0.3) is 5.91 Å². The van der Waals surface area contributed by atoms with Crippen LogP contribution in [0, 0.1) is 0 Å². The number of carboxylic acids is 1. The van der Waals surface area contributed by atoms with Crippen LogP contribution in [0.4, 0.5) is 0 Å². The Morgan fingerprint density at radius 2 is 1.93 bits per heavy atom. The summed E-state index contributed by atoms with van der Waals surface area (Å²) in [4.78, 5) is 24.6. The van der Waals surface area contributed by atoms with E-state index in [1.807, 2.05) is 19.1 Å². The average Bonchev–Trinajstić information content (AvgIpc) is 2.96. The first-order chi connectivity index (χ1) is 14.4. The van der Waals surface area contributed by atoms with Gasteiger partial charge in [0.05, 0.1) is 24.0 Å².